The van der Waals surface area contributed by atoms with Crippen LogP contribution in [0.1, 0.15) is 44.9 Å². The van der Waals surface area contributed by atoms with E-state index in [9.17, 15) is 9.59 Å². The highest BCUT2D eigenvalue weighted by Gasteiger charge is 2.52. The van der Waals surface area contributed by atoms with Crippen molar-refractivity contribution >= 4 is 12.7 Å². The number of carbonyl (C=O) groups excluding carboxylic acids is 2. The van der Waals surface area contributed by atoms with Gasteiger partial charge in [0.15, 0.2) is 0 Å². The van der Waals surface area contributed by atoms with Gasteiger partial charge in [-0.25, -0.2) is 0 Å². The Labute approximate surface area is 121 Å². The van der Waals surface area contributed by atoms with Gasteiger partial charge in [-0.1, -0.05) is 0 Å². The Morgan fingerprint density at radius 2 is 1.35 bits per heavy atom. The number of amides is 1. The summed E-state index contributed by atoms with van der Waals surface area (Å²) in [5.41, 5.74) is 0. The zero-order valence-electron chi connectivity index (χ0n) is 12.1. The maximum atomic E-state index is 11.2. The fourth-order valence-electron chi connectivity index (χ4n) is 6.41. The van der Waals surface area contributed by atoms with Crippen molar-refractivity contribution < 1.29 is 9.59 Å². The van der Waals surface area contributed by atoms with Crippen LogP contribution in [0.5, 0.6) is 0 Å². The zero-order valence-corrected chi connectivity index (χ0v) is 12.1. The first-order valence-corrected chi connectivity index (χ1v) is 8.50. The van der Waals surface area contributed by atoms with Gasteiger partial charge in [-0.05, 0) is 74.5 Å². The normalized spacial score (nSPS) is 50.2. The van der Waals surface area contributed by atoms with Crippen molar-refractivity contribution in [3.05, 3.63) is 0 Å². The molecule has 4 aliphatic rings. The predicted molar refractivity (Wildman–Crippen MR) is 75.9 cm³/mol. The van der Waals surface area contributed by atoms with Gasteiger partial charge in [0.2, 0.25) is 6.41 Å². The Kier molecular flexibility index (Phi) is 3.12. The van der Waals surface area contributed by atoms with E-state index in [0.717, 1.165) is 43.0 Å². The molecule has 3 nitrogen and oxygen atoms in total. The summed E-state index contributed by atoms with van der Waals surface area (Å²) in [5.74, 6) is 4.31. The van der Waals surface area contributed by atoms with E-state index in [1.807, 2.05) is 0 Å². The van der Waals surface area contributed by atoms with E-state index < -0.39 is 0 Å². The second-order valence-electron chi connectivity index (χ2n) is 7.55. The van der Waals surface area contributed by atoms with Crippen molar-refractivity contribution in [3.8, 4) is 0 Å². The summed E-state index contributed by atoms with van der Waals surface area (Å²) < 4.78 is 0. The highest BCUT2D eigenvalue weighted by Crippen LogP contribution is 2.57. The van der Waals surface area contributed by atoms with Crippen LogP contribution in [0.2, 0.25) is 0 Å². The largest absolute Gasteiger partial charge is 0.342 e. The molecular formula is C17H25NO2. The highest BCUT2D eigenvalue weighted by molar-refractivity contribution is 5.55. The van der Waals surface area contributed by atoms with Crippen LogP contribution in [-0.2, 0) is 9.59 Å². The molecule has 1 saturated heterocycles. The van der Waals surface area contributed by atoms with Crippen LogP contribution in [0.15, 0.2) is 0 Å². The van der Waals surface area contributed by atoms with Gasteiger partial charge < -0.3 is 9.69 Å². The fourth-order valence-corrected chi connectivity index (χ4v) is 6.41. The molecule has 4 rings (SSSR count). The Morgan fingerprint density at radius 3 is 2.15 bits per heavy atom. The second kappa shape index (κ2) is 4.85. The van der Waals surface area contributed by atoms with Crippen LogP contribution < -0.4 is 0 Å². The molecule has 1 amide bonds. The van der Waals surface area contributed by atoms with Crippen molar-refractivity contribution in [3.63, 3.8) is 0 Å². The minimum Gasteiger partial charge on any atom is -0.342 e. The standard InChI is InChI=1S/C17H25NO2/c19-9-11-1-2-13-12(11)3-4-15-14(13)5-6-17-16(15)7-8-18(17)10-20/h9-17H,1-8H2. The lowest BCUT2D eigenvalue weighted by molar-refractivity contribution is -0.121. The molecule has 20 heavy (non-hydrogen) atoms. The molecule has 3 aliphatic carbocycles. The number of aldehydes is 1. The molecule has 1 heterocycles. The van der Waals surface area contributed by atoms with Gasteiger partial charge in [-0.15, -0.1) is 0 Å². The maximum absolute atomic E-state index is 11.2. The first kappa shape index (κ1) is 12.8. The molecule has 0 radical (unpaired) electrons. The van der Waals surface area contributed by atoms with Crippen LogP contribution in [0.4, 0.5) is 0 Å². The lowest BCUT2D eigenvalue weighted by atomic mass is 9.57. The molecule has 4 fully saturated rings. The molecular weight excluding hydrogens is 250 g/mol. The summed E-state index contributed by atoms with van der Waals surface area (Å²) in [6.07, 6.45) is 11.0. The van der Waals surface area contributed by atoms with E-state index in [4.69, 9.17) is 0 Å². The van der Waals surface area contributed by atoms with E-state index in [1.54, 1.807) is 0 Å². The van der Waals surface area contributed by atoms with E-state index >= 15 is 0 Å². The second-order valence-corrected chi connectivity index (χ2v) is 7.55. The molecule has 0 aromatic carbocycles. The van der Waals surface area contributed by atoms with Crippen molar-refractivity contribution in [1.29, 1.82) is 0 Å². The number of likely N-dealkylation sites (tertiary alicyclic amines) is 1. The molecule has 110 valence electrons. The summed E-state index contributed by atoms with van der Waals surface area (Å²) >= 11 is 0. The number of hydrogen-bond acceptors (Lipinski definition) is 2. The molecule has 7 unspecified atom stereocenters. The van der Waals surface area contributed by atoms with Gasteiger partial charge in [0, 0.05) is 18.5 Å². The predicted octanol–water partition coefficient (Wildman–Crippen LogP) is 2.49. The Bertz CT molecular complexity index is 372. The third-order valence-corrected chi connectivity index (χ3v) is 7.16. The van der Waals surface area contributed by atoms with Crippen LogP contribution in [0.25, 0.3) is 0 Å². The van der Waals surface area contributed by atoms with Crippen LogP contribution in [0, 0.1) is 35.5 Å². The molecule has 3 saturated carbocycles. The fraction of sp³-hybridized carbons (Fsp3) is 0.882. The zero-order chi connectivity index (χ0) is 13.7. The molecule has 0 spiro atoms. The van der Waals surface area contributed by atoms with Crippen LogP contribution in [-0.4, -0.2) is 30.2 Å². The highest BCUT2D eigenvalue weighted by atomic mass is 16.1. The smallest absolute Gasteiger partial charge is 0.209 e. The molecule has 1 aliphatic heterocycles. The van der Waals surface area contributed by atoms with Gasteiger partial charge in [-0.2, -0.15) is 0 Å². The van der Waals surface area contributed by atoms with Crippen molar-refractivity contribution in [2.24, 2.45) is 35.5 Å². The summed E-state index contributed by atoms with van der Waals surface area (Å²) in [7, 11) is 0. The van der Waals surface area contributed by atoms with Gasteiger partial charge in [0.1, 0.15) is 6.29 Å². The summed E-state index contributed by atoms with van der Waals surface area (Å²) in [6, 6.07) is 0.536. The quantitative estimate of drug-likeness (QED) is 0.726. The third kappa shape index (κ3) is 1.71. The molecule has 0 aromatic rings. The Morgan fingerprint density at radius 1 is 0.700 bits per heavy atom. The van der Waals surface area contributed by atoms with E-state index in [1.165, 1.54) is 44.8 Å². The number of rotatable bonds is 2. The summed E-state index contributed by atoms with van der Waals surface area (Å²) in [4.78, 5) is 24.5. The lowest BCUT2D eigenvalue weighted by Crippen LogP contribution is -2.46. The monoisotopic (exact) mass is 275 g/mol. The number of hydrogen-bond donors (Lipinski definition) is 0. The lowest BCUT2D eigenvalue weighted by Gasteiger charge is -2.49. The summed E-state index contributed by atoms with van der Waals surface area (Å²) in [5, 5.41) is 0. The Hall–Kier alpha value is -0.860. The maximum Gasteiger partial charge on any atom is 0.209 e. The molecule has 0 N–H and O–H groups in total. The molecule has 7 atom stereocenters. The average Bonchev–Trinajstić information content (AvgIpc) is 3.09. The minimum atomic E-state index is 0.355. The SMILES string of the molecule is O=CC1CCC2C1CCC1C2CCC2C1CCN2C=O. The molecule has 0 bridgehead atoms. The Balaban J connectivity index is 1.54. The van der Waals surface area contributed by atoms with Crippen molar-refractivity contribution in [2.75, 3.05) is 6.54 Å². The van der Waals surface area contributed by atoms with E-state index in [2.05, 4.69) is 4.90 Å². The van der Waals surface area contributed by atoms with E-state index in [-0.39, 0.29) is 0 Å². The first-order valence-electron chi connectivity index (χ1n) is 8.50. The topological polar surface area (TPSA) is 37.4 Å². The van der Waals surface area contributed by atoms with Gasteiger partial charge in [-0.3, -0.25) is 4.79 Å². The van der Waals surface area contributed by atoms with Gasteiger partial charge >= 0.3 is 0 Å². The molecule has 0 aromatic heterocycles. The van der Waals surface area contributed by atoms with Crippen molar-refractivity contribution in [1.82, 2.24) is 4.90 Å². The third-order valence-electron chi connectivity index (χ3n) is 7.16. The number of fused-ring (bicyclic) bond motifs is 5. The average molecular weight is 275 g/mol. The summed E-state index contributed by atoms with van der Waals surface area (Å²) in [6.45, 7) is 0.979. The first-order chi connectivity index (χ1) is 9.83. The van der Waals surface area contributed by atoms with Gasteiger partial charge in [0.05, 0.1) is 0 Å². The number of carbonyl (C=O) groups is 2. The van der Waals surface area contributed by atoms with Gasteiger partial charge in [0.25, 0.3) is 0 Å². The molecule has 3 heteroatoms. The minimum absolute atomic E-state index is 0.355. The number of nitrogens with zero attached hydrogens (tertiary/aromatic N) is 1. The van der Waals surface area contributed by atoms with Crippen LogP contribution >= 0.6 is 0 Å². The van der Waals surface area contributed by atoms with E-state index in [0.29, 0.717) is 17.9 Å². The van der Waals surface area contributed by atoms with Crippen LogP contribution in [0.3, 0.4) is 0 Å². The van der Waals surface area contributed by atoms with Crippen molar-refractivity contribution in [2.45, 2.75) is 51.0 Å².